The first-order valence-corrected chi connectivity index (χ1v) is 7.80. The second-order valence-corrected chi connectivity index (χ2v) is 7.58. The average molecular weight is 296 g/mol. The van der Waals surface area contributed by atoms with Crippen LogP contribution < -0.4 is 0 Å². The van der Waals surface area contributed by atoms with Gasteiger partial charge in [-0.15, -0.1) is 0 Å². The van der Waals surface area contributed by atoms with E-state index in [1.165, 1.54) is 16.7 Å². The molecule has 0 bridgehead atoms. The molecule has 0 aromatic heterocycles. The van der Waals surface area contributed by atoms with Crippen molar-refractivity contribution in [3.05, 3.63) is 58.1 Å². The predicted molar refractivity (Wildman–Crippen MR) is 89.8 cm³/mol. The molecule has 2 N–H and O–H groups in total. The van der Waals surface area contributed by atoms with Crippen LogP contribution in [0.5, 0.6) is 11.5 Å². The Bertz CT molecular complexity index is 759. The molecule has 0 amide bonds. The van der Waals surface area contributed by atoms with E-state index >= 15 is 0 Å². The summed E-state index contributed by atoms with van der Waals surface area (Å²) in [6.45, 7) is 10.6. The van der Waals surface area contributed by atoms with Crippen molar-refractivity contribution in [2.24, 2.45) is 0 Å². The minimum Gasteiger partial charge on any atom is -0.508 e. The van der Waals surface area contributed by atoms with Crippen molar-refractivity contribution in [3.8, 4) is 11.5 Å². The lowest BCUT2D eigenvalue weighted by molar-refractivity contribution is 0.423. The van der Waals surface area contributed by atoms with Gasteiger partial charge in [0.25, 0.3) is 0 Å². The lowest BCUT2D eigenvalue weighted by Crippen LogP contribution is -2.23. The van der Waals surface area contributed by atoms with Crippen LogP contribution in [0.25, 0.3) is 0 Å². The Balaban J connectivity index is 2.25. The van der Waals surface area contributed by atoms with Gasteiger partial charge in [-0.05, 0) is 65.6 Å². The second kappa shape index (κ2) is 4.52. The zero-order chi connectivity index (χ0) is 16.3. The minimum atomic E-state index is -0.150. The van der Waals surface area contributed by atoms with E-state index in [4.69, 9.17) is 0 Å². The fourth-order valence-corrected chi connectivity index (χ4v) is 4.04. The Morgan fingerprint density at radius 3 is 2.09 bits per heavy atom. The van der Waals surface area contributed by atoms with E-state index in [0.717, 1.165) is 17.5 Å². The largest absolute Gasteiger partial charge is 0.508 e. The van der Waals surface area contributed by atoms with Crippen LogP contribution >= 0.6 is 0 Å². The zero-order valence-electron chi connectivity index (χ0n) is 14.0. The van der Waals surface area contributed by atoms with Gasteiger partial charge >= 0.3 is 0 Å². The summed E-state index contributed by atoms with van der Waals surface area (Å²) in [6, 6.07) is 9.90. The van der Waals surface area contributed by atoms with Crippen LogP contribution in [0.15, 0.2) is 30.3 Å². The van der Waals surface area contributed by atoms with Gasteiger partial charge in [-0.25, -0.2) is 0 Å². The fraction of sp³-hybridized carbons (Fsp3) is 0.400. The minimum absolute atomic E-state index is 0.0638. The molecule has 0 saturated carbocycles. The normalized spacial score (nSPS) is 22.6. The summed E-state index contributed by atoms with van der Waals surface area (Å²) in [4.78, 5) is 0. The van der Waals surface area contributed by atoms with Gasteiger partial charge in [0.1, 0.15) is 11.5 Å². The Morgan fingerprint density at radius 1 is 0.818 bits per heavy atom. The third-order valence-corrected chi connectivity index (χ3v) is 5.29. The number of benzene rings is 2. The van der Waals surface area contributed by atoms with Crippen LogP contribution in [0, 0.1) is 13.8 Å². The quantitative estimate of drug-likeness (QED) is 0.800. The Labute approximate surface area is 132 Å². The molecule has 0 heterocycles. The van der Waals surface area contributed by atoms with Gasteiger partial charge in [0.15, 0.2) is 0 Å². The fourth-order valence-electron chi connectivity index (χ4n) is 4.04. The smallest absolute Gasteiger partial charge is 0.118 e. The van der Waals surface area contributed by atoms with E-state index in [1.807, 2.05) is 26.0 Å². The maximum atomic E-state index is 10.2. The number of fused-ring (bicyclic) bond motifs is 1. The van der Waals surface area contributed by atoms with E-state index in [0.29, 0.717) is 11.5 Å². The third-order valence-electron chi connectivity index (χ3n) is 5.29. The molecule has 1 aliphatic rings. The van der Waals surface area contributed by atoms with Crippen molar-refractivity contribution in [1.82, 2.24) is 0 Å². The predicted octanol–water partition coefficient (Wildman–Crippen LogP) is 4.70. The van der Waals surface area contributed by atoms with Crippen molar-refractivity contribution in [1.29, 1.82) is 0 Å². The SMILES string of the molecule is Cc1cc(C2(C)CC(C)(C)c3cc(C)c(O)cc32)ccc1O. The van der Waals surface area contributed by atoms with Crippen molar-refractivity contribution in [2.45, 2.75) is 51.9 Å². The van der Waals surface area contributed by atoms with Gasteiger partial charge in [-0.1, -0.05) is 39.0 Å². The number of phenolic OH excluding ortho intramolecular Hbond substituents is 2. The van der Waals surface area contributed by atoms with Crippen LogP contribution in [-0.2, 0) is 10.8 Å². The lowest BCUT2D eigenvalue weighted by atomic mass is 9.74. The number of hydrogen-bond donors (Lipinski definition) is 2. The molecule has 2 heteroatoms. The number of aryl methyl sites for hydroxylation is 2. The molecular formula is C20H24O2. The first-order chi connectivity index (χ1) is 10.1. The van der Waals surface area contributed by atoms with Crippen LogP contribution in [0.2, 0.25) is 0 Å². The molecule has 0 radical (unpaired) electrons. The Hall–Kier alpha value is -1.96. The number of phenols is 2. The van der Waals surface area contributed by atoms with Gasteiger partial charge in [-0.3, -0.25) is 0 Å². The molecule has 0 fully saturated rings. The lowest BCUT2D eigenvalue weighted by Gasteiger charge is -2.29. The van der Waals surface area contributed by atoms with Crippen molar-refractivity contribution in [2.75, 3.05) is 0 Å². The molecule has 116 valence electrons. The summed E-state index contributed by atoms with van der Waals surface area (Å²) in [7, 11) is 0. The first-order valence-electron chi connectivity index (χ1n) is 7.80. The van der Waals surface area contributed by atoms with E-state index in [9.17, 15) is 10.2 Å². The highest BCUT2D eigenvalue weighted by Gasteiger charge is 2.46. The standard InChI is InChI=1S/C20H24O2/c1-12-8-14(6-7-17(12)21)20(5)11-19(3,4)15-9-13(2)18(22)10-16(15)20/h6-10,21-22H,11H2,1-5H3. The van der Waals surface area contributed by atoms with E-state index in [2.05, 4.69) is 32.9 Å². The molecule has 22 heavy (non-hydrogen) atoms. The topological polar surface area (TPSA) is 40.5 Å². The third kappa shape index (κ3) is 2.01. The molecule has 2 aromatic carbocycles. The molecule has 1 unspecified atom stereocenters. The van der Waals surface area contributed by atoms with Gasteiger partial charge in [0, 0.05) is 5.41 Å². The average Bonchev–Trinajstić information content (AvgIpc) is 2.62. The van der Waals surface area contributed by atoms with Crippen LogP contribution in [0.3, 0.4) is 0 Å². The summed E-state index contributed by atoms with van der Waals surface area (Å²) in [5.41, 5.74) is 5.44. The van der Waals surface area contributed by atoms with Gasteiger partial charge in [-0.2, -0.15) is 0 Å². The van der Waals surface area contributed by atoms with Crippen molar-refractivity contribution >= 4 is 0 Å². The second-order valence-electron chi connectivity index (χ2n) is 7.58. The summed E-state index contributed by atoms with van der Waals surface area (Å²) in [6.07, 6.45) is 0.989. The van der Waals surface area contributed by atoms with Crippen LogP contribution in [-0.4, -0.2) is 10.2 Å². The van der Waals surface area contributed by atoms with Crippen molar-refractivity contribution < 1.29 is 10.2 Å². The molecule has 2 aromatic rings. The van der Waals surface area contributed by atoms with E-state index < -0.39 is 0 Å². The van der Waals surface area contributed by atoms with Crippen LogP contribution in [0.1, 0.15) is 55.0 Å². The van der Waals surface area contributed by atoms with E-state index in [-0.39, 0.29) is 10.8 Å². The zero-order valence-corrected chi connectivity index (χ0v) is 14.0. The summed E-state index contributed by atoms with van der Waals surface area (Å²) < 4.78 is 0. The molecule has 1 atom stereocenters. The first kappa shape index (κ1) is 15.0. The van der Waals surface area contributed by atoms with Crippen molar-refractivity contribution in [3.63, 3.8) is 0 Å². The summed E-state index contributed by atoms with van der Waals surface area (Å²) in [5, 5.41) is 20.0. The molecule has 0 spiro atoms. The van der Waals surface area contributed by atoms with Gasteiger partial charge < -0.3 is 10.2 Å². The molecule has 0 saturated heterocycles. The highest BCUT2D eigenvalue weighted by Crippen LogP contribution is 2.54. The Kier molecular flexibility index (Phi) is 3.07. The van der Waals surface area contributed by atoms with Gasteiger partial charge in [0.05, 0.1) is 0 Å². The number of rotatable bonds is 1. The maximum absolute atomic E-state index is 10.2. The Morgan fingerprint density at radius 2 is 1.45 bits per heavy atom. The highest BCUT2D eigenvalue weighted by molar-refractivity contribution is 5.57. The summed E-state index contributed by atoms with van der Waals surface area (Å²) in [5.74, 6) is 0.690. The number of hydrogen-bond acceptors (Lipinski definition) is 2. The maximum Gasteiger partial charge on any atom is 0.118 e. The molecule has 3 rings (SSSR count). The molecule has 1 aliphatic carbocycles. The highest BCUT2D eigenvalue weighted by atomic mass is 16.3. The monoisotopic (exact) mass is 296 g/mol. The van der Waals surface area contributed by atoms with E-state index in [1.54, 1.807) is 6.07 Å². The number of aromatic hydroxyl groups is 2. The summed E-state index contributed by atoms with van der Waals surface area (Å²) >= 11 is 0. The molecular weight excluding hydrogens is 272 g/mol. The molecule has 0 aliphatic heterocycles. The van der Waals surface area contributed by atoms with Gasteiger partial charge in [0.2, 0.25) is 0 Å². The van der Waals surface area contributed by atoms with Crippen LogP contribution in [0.4, 0.5) is 0 Å². The molecule has 2 nitrogen and oxygen atoms in total.